The van der Waals surface area contributed by atoms with Crippen LogP contribution in [0, 0.1) is 0 Å². The molecule has 0 amide bonds. The number of H-pyrrole nitrogens is 1. The Morgan fingerprint density at radius 1 is 1.20 bits per heavy atom. The number of aliphatic carboxylic acids is 2. The first-order chi connectivity index (χ1) is 9.44. The van der Waals surface area contributed by atoms with E-state index < -0.39 is 17.7 Å². The van der Waals surface area contributed by atoms with E-state index in [1.807, 2.05) is 0 Å². The van der Waals surface area contributed by atoms with Crippen LogP contribution in [-0.4, -0.2) is 27.1 Å². The molecule has 104 valence electrons. The molecule has 20 heavy (non-hydrogen) atoms. The molecule has 1 aromatic heterocycles. The summed E-state index contributed by atoms with van der Waals surface area (Å²) in [5.41, 5.74) is 1.67. The number of aromatic amines is 1. The van der Waals surface area contributed by atoms with Gasteiger partial charge >= 0.3 is 17.7 Å². The first-order valence-electron chi connectivity index (χ1n) is 5.70. The van der Waals surface area contributed by atoms with E-state index in [0.29, 0.717) is 16.7 Å². The molecule has 0 aliphatic rings. The largest absolute Gasteiger partial charge is 0.481 e. The van der Waals surface area contributed by atoms with Gasteiger partial charge in [-0.05, 0) is 23.3 Å². The summed E-state index contributed by atoms with van der Waals surface area (Å²) in [6.45, 7) is 0. The quantitative estimate of drug-likeness (QED) is 0.760. The average Bonchev–Trinajstić information content (AvgIpc) is 2.66. The molecule has 0 aliphatic carbocycles. The van der Waals surface area contributed by atoms with E-state index in [4.69, 9.17) is 14.6 Å². The van der Waals surface area contributed by atoms with Crippen molar-refractivity contribution >= 4 is 29.1 Å². The number of aromatic nitrogens is 1. The first-order valence-corrected chi connectivity index (χ1v) is 5.70. The molecule has 1 heterocycles. The second kappa shape index (κ2) is 5.43. The van der Waals surface area contributed by atoms with Gasteiger partial charge in [-0.2, -0.15) is 0 Å². The average molecular weight is 277 g/mol. The van der Waals surface area contributed by atoms with Crippen molar-refractivity contribution < 1.29 is 24.2 Å². The summed E-state index contributed by atoms with van der Waals surface area (Å²) in [6, 6.07) is 4.78. The third kappa shape index (κ3) is 3.35. The number of hydrogen-bond donors (Lipinski definition) is 3. The van der Waals surface area contributed by atoms with E-state index in [9.17, 15) is 14.4 Å². The Kier molecular flexibility index (Phi) is 3.69. The zero-order valence-corrected chi connectivity index (χ0v) is 10.3. The minimum absolute atomic E-state index is 0.252. The van der Waals surface area contributed by atoms with E-state index in [1.54, 1.807) is 12.1 Å². The van der Waals surface area contributed by atoms with Gasteiger partial charge in [0.2, 0.25) is 0 Å². The number of carbonyl (C=O) groups is 2. The van der Waals surface area contributed by atoms with Crippen molar-refractivity contribution in [1.29, 1.82) is 0 Å². The lowest BCUT2D eigenvalue weighted by atomic mass is 10.0. The number of benzene rings is 1. The van der Waals surface area contributed by atoms with Crippen LogP contribution >= 0.6 is 0 Å². The molecule has 0 atom stereocenters. The van der Waals surface area contributed by atoms with Crippen LogP contribution < -0.4 is 5.76 Å². The molecular weight excluding hydrogens is 266 g/mol. The predicted octanol–water partition coefficient (Wildman–Crippen LogP) is 1.45. The number of rotatable bonds is 5. The second-order valence-electron chi connectivity index (χ2n) is 4.21. The monoisotopic (exact) mass is 277 g/mol. The van der Waals surface area contributed by atoms with Gasteiger partial charge in [0.15, 0.2) is 5.58 Å². The van der Waals surface area contributed by atoms with Crippen LogP contribution in [0.2, 0.25) is 0 Å². The van der Waals surface area contributed by atoms with Gasteiger partial charge in [0.25, 0.3) is 0 Å². The molecule has 0 fully saturated rings. The second-order valence-corrected chi connectivity index (χ2v) is 4.21. The van der Waals surface area contributed by atoms with Crippen LogP contribution in [0.4, 0.5) is 0 Å². The molecule has 2 rings (SSSR count). The van der Waals surface area contributed by atoms with Crippen molar-refractivity contribution in [1.82, 2.24) is 4.98 Å². The summed E-state index contributed by atoms with van der Waals surface area (Å²) in [4.78, 5) is 34.9. The Balaban J connectivity index is 2.37. The fourth-order valence-electron chi connectivity index (χ4n) is 1.84. The van der Waals surface area contributed by atoms with Crippen molar-refractivity contribution in [3.63, 3.8) is 0 Å². The van der Waals surface area contributed by atoms with E-state index in [0.717, 1.165) is 0 Å². The number of hydrogen-bond acceptors (Lipinski definition) is 4. The Bertz CT molecular complexity index is 734. The molecule has 3 N–H and O–H groups in total. The Hall–Kier alpha value is -2.83. The van der Waals surface area contributed by atoms with Gasteiger partial charge < -0.3 is 14.6 Å². The zero-order chi connectivity index (χ0) is 14.7. The van der Waals surface area contributed by atoms with Gasteiger partial charge in [-0.1, -0.05) is 12.1 Å². The third-order valence-corrected chi connectivity index (χ3v) is 2.57. The standard InChI is InChI=1S/C13H11NO6/c15-11(16)5-8(6-12(17)18)3-7-1-2-9-10(4-7)20-13(19)14-9/h1-4H,5-6H2,(H,14,19)(H,15,16)(H,17,18). The van der Waals surface area contributed by atoms with Crippen LogP contribution in [0.25, 0.3) is 17.2 Å². The van der Waals surface area contributed by atoms with Gasteiger partial charge in [0.05, 0.1) is 18.4 Å². The van der Waals surface area contributed by atoms with Gasteiger partial charge in [0.1, 0.15) is 0 Å². The SMILES string of the molecule is O=C(O)CC(=Cc1ccc2[nH]c(=O)oc2c1)CC(=O)O. The van der Waals surface area contributed by atoms with Gasteiger partial charge in [-0.3, -0.25) is 14.6 Å². The van der Waals surface area contributed by atoms with Crippen molar-refractivity contribution in [2.24, 2.45) is 0 Å². The highest BCUT2D eigenvalue weighted by Crippen LogP contribution is 2.18. The minimum atomic E-state index is -1.10. The molecule has 0 saturated heterocycles. The molecule has 0 bridgehead atoms. The molecule has 2 aromatic rings. The summed E-state index contributed by atoms with van der Waals surface area (Å²) in [5.74, 6) is -2.80. The molecule has 7 heteroatoms. The molecule has 0 radical (unpaired) electrons. The molecule has 0 saturated carbocycles. The summed E-state index contributed by atoms with van der Waals surface area (Å²) >= 11 is 0. The topological polar surface area (TPSA) is 121 Å². The van der Waals surface area contributed by atoms with E-state index in [-0.39, 0.29) is 18.4 Å². The maximum absolute atomic E-state index is 11.0. The van der Waals surface area contributed by atoms with Crippen molar-refractivity contribution in [3.8, 4) is 0 Å². The van der Waals surface area contributed by atoms with Crippen molar-refractivity contribution in [2.75, 3.05) is 0 Å². The predicted molar refractivity (Wildman–Crippen MR) is 69.3 cm³/mol. The fourth-order valence-corrected chi connectivity index (χ4v) is 1.84. The van der Waals surface area contributed by atoms with Crippen LogP contribution in [-0.2, 0) is 9.59 Å². The Labute approximate surface area is 112 Å². The molecule has 7 nitrogen and oxygen atoms in total. The summed E-state index contributed by atoms with van der Waals surface area (Å²) in [5, 5.41) is 17.5. The first kappa shape index (κ1) is 13.6. The number of oxazole rings is 1. The summed E-state index contributed by atoms with van der Waals surface area (Å²) in [7, 11) is 0. The summed E-state index contributed by atoms with van der Waals surface area (Å²) < 4.78 is 4.88. The lowest BCUT2D eigenvalue weighted by molar-refractivity contribution is -0.136. The maximum atomic E-state index is 11.0. The number of carboxylic acids is 2. The number of nitrogens with one attached hydrogen (secondary N) is 1. The van der Waals surface area contributed by atoms with E-state index >= 15 is 0 Å². The molecular formula is C13H11NO6. The lowest BCUT2D eigenvalue weighted by Gasteiger charge is -2.02. The third-order valence-electron chi connectivity index (χ3n) is 2.57. The number of fused-ring (bicyclic) bond motifs is 1. The minimum Gasteiger partial charge on any atom is -0.481 e. The van der Waals surface area contributed by atoms with E-state index in [2.05, 4.69) is 4.98 Å². The zero-order valence-electron chi connectivity index (χ0n) is 10.3. The van der Waals surface area contributed by atoms with Crippen molar-refractivity contribution in [2.45, 2.75) is 12.8 Å². The highest BCUT2D eigenvalue weighted by molar-refractivity contribution is 5.80. The van der Waals surface area contributed by atoms with Gasteiger partial charge in [0, 0.05) is 0 Å². The molecule has 0 unspecified atom stereocenters. The highest BCUT2D eigenvalue weighted by Gasteiger charge is 2.09. The molecule has 1 aromatic carbocycles. The lowest BCUT2D eigenvalue weighted by Crippen LogP contribution is -2.03. The smallest absolute Gasteiger partial charge is 0.417 e. The van der Waals surface area contributed by atoms with Gasteiger partial charge in [-0.25, -0.2) is 4.79 Å². The van der Waals surface area contributed by atoms with Crippen LogP contribution in [0.15, 0.2) is 33.0 Å². The fraction of sp³-hybridized carbons (Fsp3) is 0.154. The van der Waals surface area contributed by atoms with Crippen LogP contribution in [0.3, 0.4) is 0 Å². The van der Waals surface area contributed by atoms with Crippen molar-refractivity contribution in [3.05, 3.63) is 39.9 Å². The maximum Gasteiger partial charge on any atom is 0.417 e. The number of carboxylic acid groups (broad SMARTS) is 2. The Morgan fingerprint density at radius 2 is 1.85 bits per heavy atom. The molecule has 0 spiro atoms. The summed E-state index contributed by atoms with van der Waals surface area (Å²) in [6.07, 6.45) is 0.748. The van der Waals surface area contributed by atoms with E-state index in [1.165, 1.54) is 12.1 Å². The molecule has 0 aliphatic heterocycles. The Morgan fingerprint density at radius 3 is 2.45 bits per heavy atom. The van der Waals surface area contributed by atoms with Crippen LogP contribution in [0.1, 0.15) is 18.4 Å². The normalized spacial score (nSPS) is 10.4. The van der Waals surface area contributed by atoms with Gasteiger partial charge in [-0.15, -0.1) is 0 Å². The van der Waals surface area contributed by atoms with Crippen LogP contribution in [0.5, 0.6) is 0 Å². The highest BCUT2D eigenvalue weighted by atomic mass is 16.4.